The Kier molecular flexibility index (Phi) is 5.55. The van der Waals surface area contributed by atoms with Crippen LogP contribution in [0.15, 0.2) is 16.5 Å². The van der Waals surface area contributed by atoms with Crippen molar-refractivity contribution in [3.8, 4) is 0 Å². The molecule has 3 rings (SSSR count). The van der Waals surface area contributed by atoms with E-state index >= 15 is 0 Å². The zero-order valence-corrected chi connectivity index (χ0v) is 13.8. The van der Waals surface area contributed by atoms with Gasteiger partial charge in [0, 0.05) is 44.7 Å². The van der Waals surface area contributed by atoms with Crippen molar-refractivity contribution in [2.75, 3.05) is 26.2 Å². The van der Waals surface area contributed by atoms with E-state index in [0.717, 1.165) is 56.6 Å². The first kappa shape index (κ1) is 16.0. The number of hydrogen-bond donors (Lipinski definition) is 1. The fourth-order valence-electron chi connectivity index (χ4n) is 4.12. The highest BCUT2D eigenvalue weighted by molar-refractivity contribution is 5.07. The number of furan rings is 1. The Labute approximate surface area is 134 Å². The van der Waals surface area contributed by atoms with Crippen LogP contribution in [0.5, 0.6) is 0 Å². The lowest BCUT2D eigenvalue weighted by Crippen LogP contribution is -2.55. The lowest BCUT2D eigenvalue weighted by Gasteiger charge is -2.44. The van der Waals surface area contributed by atoms with E-state index in [1.165, 1.54) is 25.7 Å². The zero-order valence-electron chi connectivity index (χ0n) is 13.8. The summed E-state index contributed by atoms with van der Waals surface area (Å²) < 4.78 is 5.85. The minimum absolute atomic E-state index is 0.294. The highest BCUT2D eigenvalue weighted by atomic mass is 16.3. The predicted octanol–water partition coefficient (Wildman–Crippen LogP) is 2.65. The van der Waals surface area contributed by atoms with E-state index in [9.17, 15) is 5.11 Å². The molecule has 0 bridgehead atoms. The number of aliphatic hydroxyl groups is 1. The standard InChI is InChI=1S/C18H30N2O2/c1-2-17-7-8-18(22-17)14-19-10-11-20(15-5-3-4-6-15)16(13-19)9-12-21/h7-8,15-16,21H,2-6,9-14H2,1H3/t16-/m0/s1. The van der Waals surface area contributed by atoms with Crippen LogP contribution in [0.3, 0.4) is 0 Å². The molecule has 2 heterocycles. The Balaban J connectivity index is 1.59. The number of rotatable bonds is 6. The molecular formula is C18H30N2O2. The fourth-order valence-corrected chi connectivity index (χ4v) is 4.12. The Bertz CT molecular complexity index is 454. The summed E-state index contributed by atoms with van der Waals surface area (Å²) in [4.78, 5) is 5.17. The largest absolute Gasteiger partial charge is 0.465 e. The topological polar surface area (TPSA) is 39.9 Å². The molecule has 2 aliphatic rings. The van der Waals surface area contributed by atoms with Crippen molar-refractivity contribution in [2.24, 2.45) is 0 Å². The maximum Gasteiger partial charge on any atom is 0.118 e. The van der Waals surface area contributed by atoms with E-state index in [1.54, 1.807) is 0 Å². The monoisotopic (exact) mass is 306 g/mol. The summed E-state index contributed by atoms with van der Waals surface area (Å²) in [6.07, 6.45) is 7.31. The predicted molar refractivity (Wildman–Crippen MR) is 87.8 cm³/mol. The molecule has 2 fully saturated rings. The summed E-state index contributed by atoms with van der Waals surface area (Å²) in [6.45, 7) is 6.62. The molecule has 0 aromatic carbocycles. The molecule has 1 atom stereocenters. The van der Waals surface area contributed by atoms with Gasteiger partial charge in [-0.25, -0.2) is 0 Å². The van der Waals surface area contributed by atoms with E-state index < -0.39 is 0 Å². The Morgan fingerprint density at radius 1 is 1.18 bits per heavy atom. The molecular weight excluding hydrogens is 276 g/mol. The van der Waals surface area contributed by atoms with Crippen molar-refractivity contribution in [2.45, 2.75) is 64.1 Å². The van der Waals surface area contributed by atoms with Crippen LogP contribution in [-0.2, 0) is 13.0 Å². The first-order valence-corrected chi connectivity index (χ1v) is 8.96. The van der Waals surface area contributed by atoms with Gasteiger partial charge in [-0.3, -0.25) is 9.80 Å². The number of hydrogen-bond acceptors (Lipinski definition) is 4. The molecule has 0 spiro atoms. The molecule has 4 nitrogen and oxygen atoms in total. The molecule has 22 heavy (non-hydrogen) atoms. The van der Waals surface area contributed by atoms with Gasteiger partial charge in [-0.15, -0.1) is 0 Å². The summed E-state index contributed by atoms with van der Waals surface area (Å²) in [7, 11) is 0. The number of piperazine rings is 1. The van der Waals surface area contributed by atoms with Gasteiger partial charge in [-0.2, -0.15) is 0 Å². The van der Waals surface area contributed by atoms with Crippen LogP contribution in [0.4, 0.5) is 0 Å². The third-order valence-corrected chi connectivity index (χ3v) is 5.31. The van der Waals surface area contributed by atoms with E-state index in [4.69, 9.17) is 4.42 Å². The fraction of sp³-hybridized carbons (Fsp3) is 0.778. The second-order valence-corrected chi connectivity index (χ2v) is 6.80. The minimum atomic E-state index is 0.294. The van der Waals surface area contributed by atoms with Crippen LogP contribution < -0.4 is 0 Å². The van der Waals surface area contributed by atoms with E-state index in [0.29, 0.717) is 12.6 Å². The van der Waals surface area contributed by atoms with E-state index in [-0.39, 0.29) is 0 Å². The molecule has 1 aromatic heterocycles. The molecule has 0 radical (unpaired) electrons. The summed E-state index contributed by atoms with van der Waals surface area (Å²) in [5, 5.41) is 9.43. The molecule has 0 unspecified atom stereocenters. The maximum atomic E-state index is 9.43. The van der Waals surface area contributed by atoms with Crippen LogP contribution in [0.2, 0.25) is 0 Å². The van der Waals surface area contributed by atoms with Gasteiger partial charge in [0.2, 0.25) is 0 Å². The smallest absolute Gasteiger partial charge is 0.118 e. The third kappa shape index (κ3) is 3.73. The van der Waals surface area contributed by atoms with Gasteiger partial charge in [0.15, 0.2) is 0 Å². The molecule has 4 heteroatoms. The highest BCUT2D eigenvalue weighted by Gasteiger charge is 2.33. The van der Waals surface area contributed by atoms with Gasteiger partial charge in [0.25, 0.3) is 0 Å². The number of aryl methyl sites for hydroxylation is 1. The van der Waals surface area contributed by atoms with Gasteiger partial charge < -0.3 is 9.52 Å². The Morgan fingerprint density at radius 3 is 2.64 bits per heavy atom. The van der Waals surface area contributed by atoms with Gasteiger partial charge >= 0.3 is 0 Å². The second kappa shape index (κ2) is 7.62. The van der Waals surface area contributed by atoms with Crippen molar-refractivity contribution in [1.29, 1.82) is 0 Å². The molecule has 124 valence electrons. The third-order valence-electron chi connectivity index (χ3n) is 5.31. The summed E-state index contributed by atoms with van der Waals surface area (Å²) in [5.74, 6) is 2.15. The van der Waals surface area contributed by atoms with Crippen LogP contribution >= 0.6 is 0 Å². The van der Waals surface area contributed by atoms with Crippen molar-refractivity contribution in [1.82, 2.24) is 9.80 Å². The van der Waals surface area contributed by atoms with E-state index in [1.807, 2.05) is 0 Å². The molecule has 1 aromatic rings. The Hall–Kier alpha value is -0.840. The van der Waals surface area contributed by atoms with Crippen LogP contribution in [0, 0.1) is 0 Å². The van der Waals surface area contributed by atoms with Crippen LogP contribution in [0.1, 0.15) is 50.5 Å². The van der Waals surface area contributed by atoms with Crippen LogP contribution in [0.25, 0.3) is 0 Å². The molecule has 1 saturated heterocycles. The SMILES string of the molecule is CCc1ccc(CN2CCN(C3CCCC3)[C@@H](CCO)C2)o1. The molecule has 1 aliphatic heterocycles. The number of aliphatic hydroxyl groups excluding tert-OH is 1. The minimum Gasteiger partial charge on any atom is -0.465 e. The average molecular weight is 306 g/mol. The summed E-state index contributed by atoms with van der Waals surface area (Å²) >= 11 is 0. The van der Waals surface area contributed by atoms with Crippen molar-refractivity contribution in [3.05, 3.63) is 23.7 Å². The lowest BCUT2D eigenvalue weighted by atomic mass is 10.0. The number of nitrogens with zero attached hydrogens (tertiary/aromatic N) is 2. The van der Waals surface area contributed by atoms with Gasteiger partial charge in [-0.05, 0) is 31.4 Å². The van der Waals surface area contributed by atoms with E-state index in [2.05, 4.69) is 28.9 Å². The average Bonchev–Trinajstić information content (AvgIpc) is 3.19. The molecule has 1 saturated carbocycles. The Morgan fingerprint density at radius 2 is 1.95 bits per heavy atom. The summed E-state index contributed by atoms with van der Waals surface area (Å²) in [5.41, 5.74) is 0. The van der Waals surface area contributed by atoms with Gasteiger partial charge in [-0.1, -0.05) is 19.8 Å². The second-order valence-electron chi connectivity index (χ2n) is 6.80. The van der Waals surface area contributed by atoms with Gasteiger partial charge in [0.1, 0.15) is 11.5 Å². The lowest BCUT2D eigenvalue weighted by molar-refractivity contribution is 0.0242. The highest BCUT2D eigenvalue weighted by Crippen LogP contribution is 2.28. The van der Waals surface area contributed by atoms with Crippen molar-refractivity contribution in [3.63, 3.8) is 0 Å². The zero-order chi connectivity index (χ0) is 15.4. The molecule has 0 amide bonds. The normalized spacial score (nSPS) is 25.1. The maximum absolute atomic E-state index is 9.43. The first-order valence-electron chi connectivity index (χ1n) is 8.96. The van der Waals surface area contributed by atoms with Crippen LogP contribution in [-0.4, -0.2) is 53.2 Å². The van der Waals surface area contributed by atoms with Crippen molar-refractivity contribution < 1.29 is 9.52 Å². The summed E-state index contributed by atoms with van der Waals surface area (Å²) in [6, 6.07) is 5.47. The van der Waals surface area contributed by atoms with Gasteiger partial charge in [0.05, 0.1) is 6.54 Å². The molecule has 1 N–H and O–H groups in total. The van der Waals surface area contributed by atoms with Crippen molar-refractivity contribution >= 4 is 0 Å². The first-order chi connectivity index (χ1) is 10.8. The molecule has 1 aliphatic carbocycles. The quantitative estimate of drug-likeness (QED) is 0.877.